The van der Waals surface area contributed by atoms with Crippen molar-refractivity contribution in [2.75, 3.05) is 36.4 Å². The number of nitriles is 1. The number of carbonyl (C=O) groups is 1. The topological polar surface area (TPSA) is 88.4 Å². The van der Waals surface area contributed by atoms with Gasteiger partial charge in [-0.3, -0.25) is 4.79 Å². The predicted octanol–water partition coefficient (Wildman–Crippen LogP) is 4.10. The number of para-hydroxylation sites is 1. The molecule has 1 saturated heterocycles. The highest BCUT2D eigenvalue weighted by molar-refractivity contribution is 5.90. The zero-order valence-electron chi connectivity index (χ0n) is 17.7. The van der Waals surface area contributed by atoms with E-state index in [0.29, 0.717) is 27.8 Å². The minimum Gasteiger partial charge on any atom is -0.507 e. The average molecular weight is 430 g/mol. The number of aromatic hydroxyl groups is 1. The van der Waals surface area contributed by atoms with Crippen molar-refractivity contribution in [3.05, 3.63) is 66.0 Å². The molecule has 0 bridgehead atoms. The Morgan fingerprint density at radius 2 is 1.81 bits per heavy atom. The molecule has 32 heavy (non-hydrogen) atoms. The molecule has 1 fully saturated rings. The highest BCUT2D eigenvalue weighted by Crippen LogP contribution is 2.40. The number of nitrogens with zero attached hydrogens (tertiary/aromatic N) is 2. The number of nitrogens with one attached hydrogen (secondary N) is 2. The third-order valence-corrected chi connectivity index (χ3v) is 5.47. The molecule has 0 unspecified atom stereocenters. The van der Waals surface area contributed by atoms with Crippen LogP contribution >= 0.6 is 0 Å². The summed E-state index contributed by atoms with van der Waals surface area (Å²) >= 11 is 0. The maximum Gasteiger partial charge on any atom is 0.221 e. The van der Waals surface area contributed by atoms with E-state index in [4.69, 9.17) is 0 Å². The van der Waals surface area contributed by atoms with Crippen LogP contribution in [0.15, 0.2) is 54.6 Å². The molecule has 6 nitrogen and oxygen atoms in total. The van der Waals surface area contributed by atoms with Crippen LogP contribution < -0.4 is 15.5 Å². The minimum absolute atomic E-state index is 0.000489. The highest BCUT2D eigenvalue weighted by atomic mass is 19.1. The molecule has 1 aliphatic rings. The van der Waals surface area contributed by atoms with Crippen LogP contribution in [0.2, 0.25) is 0 Å². The number of carbonyl (C=O) groups excluding carboxylic acids is 1. The van der Waals surface area contributed by atoms with Gasteiger partial charge in [0.2, 0.25) is 5.91 Å². The summed E-state index contributed by atoms with van der Waals surface area (Å²) in [7, 11) is 0. The summed E-state index contributed by atoms with van der Waals surface area (Å²) in [5, 5.41) is 26.4. The lowest BCUT2D eigenvalue weighted by Crippen LogP contribution is -2.43. The summed E-state index contributed by atoms with van der Waals surface area (Å²) < 4.78 is 14.5. The molecule has 1 amide bonds. The monoisotopic (exact) mass is 430 g/mol. The van der Waals surface area contributed by atoms with E-state index in [-0.39, 0.29) is 17.3 Å². The molecule has 0 atom stereocenters. The Hall–Kier alpha value is -3.89. The van der Waals surface area contributed by atoms with E-state index in [0.717, 1.165) is 31.9 Å². The van der Waals surface area contributed by atoms with Gasteiger partial charge >= 0.3 is 0 Å². The first-order valence-corrected chi connectivity index (χ1v) is 10.4. The third-order valence-electron chi connectivity index (χ3n) is 5.47. The fourth-order valence-electron chi connectivity index (χ4n) is 3.92. The zero-order valence-corrected chi connectivity index (χ0v) is 17.7. The normalized spacial score (nSPS) is 13.5. The number of halogens is 1. The summed E-state index contributed by atoms with van der Waals surface area (Å²) in [6.45, 7) is 4.72. The molecule has 7 heteroatoms. The predicted molar refractivity (Wildman–Crippen MR) is 123 cm³/mol. The highest BCUT2D eigenvalue weighted by Gasteiger charge is 2.17. The van der Waals surface area contributed by atoms with Gasteiger partial charge in [0, 0.05) is 49.9 Å². The minimum atomic E-state index is -0.588. The Kier molecular flexibility index (Phi) is 6.06. The van der Waals surface area contributed by atoms with Gasteiger partial charge in [0.05, 0.1) is 17.3 Å². The number of hydrogen-bond donors (Lipinski definition) is 3. The van der Waals surface area contributed by atoms with Crippen molar-refractivity contribution in [3.63, 3.8) is 0 Å². The first-order valence-electron chi connectivity index (χ1n) is 10.4. The van der Waals surface area contributed by atoms with Crippen molar-refractivity contribution in [1.82, 2.24) is 5.32 Å². The third kappa shape index (κ3) is 4.41. The van der Waals surface area contributed by atoms with E-state index in [9.17, 15) is 19.6 Å². The Morgan fingerprint density at radius 1 is 1.09 bits per heavy atom. The SMILES string of the molecule is CC(=O)Nc1ccc(-c2cccc(-c3cc(C#N)cc(N4CCNCC4)c3)c2O)cc1F. The van der Waals surface area contributed by atoms with Crippen molar-refractivity contribution in [2.45, 2.75) is 6.92 Å². The van der Waals surface area contributed by atoms with Crippen LogP contribution in [0.5, 0.6) is 5.75 Å². The van der Waals surface area contributed by atoms with E-state index in [1.165, 1.54) is 19.1 Å². The number of amides is 1. The number of hydrogen-bond acceptors (Lipinski definition) is 5. The maximum atomic E-state index is 14.5. The summed E-state index contributed by atoms with van der Waals surface area (Å²) in [5.74, 6) is -0.949. The van der Waals surface area contributed by atoms with Gasteiger partial charge in [-0.25, -0.2) is 4.39 Å². The first-order chi connectivity index (χ1) is 15.5. The van der Waals surface area contributed by atoms with Crippen LogP contribution in [-0.2, 0) is 4.79 Å². The standard InChI is InChI=1S/C25H23FN4O2/c1-16(31)29-24-6-5-18(14-23(24)26)21-3-2-4-22(25(21)32)19-11-17(15-27)12-20(13-19)30-9-7-28-8-10-30/h2-6,11-14,28,32H,7-10H2,1H3,(H,29,31). The van der Waals surface area contributed by atoms with E-state index < -0.39 is 5.82 Å². The fourth-order valence-corrected chi connectivity index (χ4v) is 3.92. The largest absolute Gasteiger partial charge is 0.507 e. The molecule has 3 aromatic rings. The first kappa shape index (κ1) is 21.3. The number of piperazine rings is 1. The molecule has 1 heterocycles. The quantitative estimate of drug-likeness (QED) is 0.580. The number of rotatable bonds is 4. The van der Waals surface area contributed by atoms with Crippen LogP contribution in [0.1, 0.15) is 12.5 Å². The Bertz CT molecular complexity index is 1210. The Morgan fingerprint density at radius 3 is 2.47 bits per heavy atom. The van der Waals surface area contributed by atoms with Gasteiger partial charge in [-0.1, -0.05) is 24.3 Å². The molecule has 0 spiro atoms. The number of benzene rings is 3. The van der Waals surface area contributed by atoms with Gasteiger partial charge in [0.15, 0.2) is 0 Å². The van der Waals surface area contributed by atoms with Crippen molar-refractivity contribution in [3.8, 4) is 34.1 Å². The van der Waals surface area contributed by atoms with Gasteiger partial charge in [0.25, 0.3) is 0 Å². The molecule has 0 saturated carbocycles. The molecule has 0 radical (unpaired) electrons. The lowest BCUT2D eigenvalue weighted by Gasteiger charge is -2.30. The van der Waals surface area contributed by atoms with Crippen molar-refractivity contribution >= 4 is 17.3 Å². The zero-order chi connectivity index (χ0) is 22.7. The lowest BCUT2D eigenvalue weighted by molar-refractivity contribution is -0.114. The second kappa shape index (κ2) is 9.08. The number of phenolic OH excluding ortho intramolecular Hbond substituents is 1. The molecular weight excluding hydrogens is 407 g/mol. The van der Waals surface area contributed by atoms with Crippen LogP contribution in [-0.4, -0.2) is 37.2 Å². The number of phenols is 1. The summed E-state index contributed by atoms with van der Waals surface area (Å²) in [5.41, 5.74) is 3.73. The second-order valence-corrected chi connectivity index (χ2v) is 7.69. The fraction of sp³-hybridized carbons (Fsp3) is 0.200. The van der Waals surface area contributed by atoms with Crippen molar-refractivity contribution in [1.29, 1.82) is 5.26 Å². The van der Waals surface area contributed by atoms with Gasteiger partial charge < -0.3 is 20.6 Å². The van der Waals surface area contributed by atoms with Gasteiger partial charge in [0.1, 0.15) is 11.6 Å². The van der Waals surface area contributed by atoms with E-state index >= 15 is 0 Å². The van der Waals surface area contributed by atoms with Crippen molar-refractivity contribution in [2.24, 2.45) is 0 Å². The van der Waals surface area contributed by atoms with Gasteiger partial charge in [-0.05, 0) is 41.5 Å². The van der Waals surface area contributed by atoms with Gasteiger partial charge in [-0.2, -0.15) is 5.26 Å². The number of anilines is 2. The summed E-state index contributed by atoms with van der Waals surface area (Å²) in [6, 6.07) is 17.4. The molecule has 3 N–H and O–H groups in total. The second-order valence-electron chi connectivity index (χ2n) is 7.69. The Balaban J connectivity index is 1.75. The molecule has 162 valence electrons. The van der Waals surface area contributed by atoms with E-state index in [2.05, 4.69) is 21.6 Å². The molecule has 0 aliphatic carbocycles. The summed E-state index contributed by atoms with van der Waals surface area (Å²) in [6.07, 6.45) is 0. The molecule has 0 aromatic heterocycles. The molecule has 4 rings (SSSR count). The average Bonchev–Trinajstić information content (AvgIpc) is 2.80. The van der Waals surface area contributed by atoms with E-state index in [1.807, 2.05) is 12.1 Å². The van der Waals surface area contributed by atoms with Gasteiger partial charge in [-0.15, -0.1) is 0 Å². The summed E-state index contributed by atoms with van der Waals surface area (Å²) in [4.78, 5) is 13.4. The van der Waals surface area contributed by atoms with Crippen LogP contribution in [0, 0.1) is 17.1 Å². The van der Waals surface area contributed by atoms with Crippen LogP contribution in [0.3, 0.4) is 0 Å². The Labute approximate surface area is 185 Å². The van der Waals surface area contributed by atoms with Crippen molar-refractivity contribution < 1.29 is 14.3 Å². The maximum absolute atomic E-state index is 14.5. The lowest BCUT2D eigenvalue weighted by atomic mass is 9.95. The van der Waals surface area contributed by atoms with Crippen LogP contribution in [0.4, 0.5) is 15.8 Å². The molecule has 1 aliphatic heterocycles. The smallest absolute Gasteiger partial charge is 0.221 e. The van der Waals surface area contributed by atoms with Crippen LogP contribution in [0.25, 0.3) is 22.3 Å². The van der Waals surface area contributed by atoms with E-state index in [1.54, 1.807) is 30.3 Å². The molecular formula is C25H23FN4O2. The molecule has 3 aromatic carbocycles.